The molecule has 3 heterocycles. The van der Waals surface area contributed by atoms with E-state index in [1.807, 2.05) is 30.5 Å². The summed E-state index contributed by atoms with van der Waals surface area (Å²) in [6.45, 7) is 5.71. The van der Waals surface area contributed by atoms with Crippen molar-refractivity contribution in [2.24, 2.45) is 4.99 Å². The number of pyridine rings is 1. The number of fused-ring (bicyclic) bond motifs is 1. The summed E-state index contributed by atoms with van der Waals surface area (Å²) in [5, 5.41) is 6.76. The Kier molecular flexibility index (Phi) is 6.00. The lowest BCUT2D eigenvalue weighted by Gasteiger charge is -2.34. The number of aliphatic imine (C=N–C) groups is 1. The molecule has 4 rings (SSSR count). The molecule has 0 radical (unpaired) electrons. The number of nitrogens with one attached hydrogen (secondary N) is 2. The average Bonchev–Trinajstić information content (AvgIpc) is 3.23. The summed E-state index contributed by atoms with van der Waals surface area (Å²) in [4.78, 5) is 13.7. The van der Waals surface area contributed by atoms with Crippen LogP contribution in [0.2, 0.25) is 0 Å². The molecule has 0 amide bonds. The molecule has 29 heavy (non-hydrogen) atoms. The van der Waals surface area contributed by atoms with Gasteiger partial charge in [0.15, 0.2) is 17.5 Å². The van der Waals surface area contributed by atoms with E-state index in [0.29, 0.717) is 13.1 Å². The molecule has 1 fully saturated rings. The molecule has 2 N–H and O–H groups in total. The molecule has 2 aliphatic rings. The zero-order valence-corrected chi connectivity index (χ0v) is 17.0. The highest BCUT2D eigenvalue weighted by Crippen LogP contribution is 2.32. The van der Waals surface area contributed by atoms with E-state index in [9.17, 15) is 0 Å². The van der Waals surface area contributed by atoms with E-state index in [4.69, 9.17) is 9.47 Å². The number of benzene rings is 1. The van der Waals surface area contributed by atoms with Gasteiger partial charge >= 0.3 is 0 Å². The van der Waals surface area contributed by atoms with Crippen LogP contribution >= 0.6 is 0 Å². The molecule has 0 spiro atoms. The summed E-state index contributed by atoms with van der Waals surface area (Å²) in [5.74, 6) is 3.39. The molecule has 154 valence electrons. The number of guanidine groups is 1. The molecule has 2 aromatic rings. The summed E-state index contributed by atoms with van der Waals surface area (Å²) in [6.07, 6.45) is 1.86. The number of nitrogens with zero attached hydrogens (tertiary/aromatic N) is 4. The van der Waals surface area contributed by atoms with Crippen LogP contribution in [0.5, 0.6) is 11.5 Å². The fourth-order valence-electron chi connectivity index (χ4n) is 3.51. The number of aromatic nitrogens is 1. The number of piperazine rings is 1. The van der Waals surface area contributed by atoms with Crippen molar-refractivity contribution in [3.05, 3.63) is 47.7 Å². The topological polar surface area (TPSA) is 74.2 Å². The van der Waals surface area contributed by atoms with Crippen molar-refractivity contribution in [2.75, 3.05) is 52.0 Å². The van der Waals surface area contributed by atoms with Crippen LogP contribution in [-0.4, -0.2) is 62.9 Å². The van der Waals surface area contributed by atoms with Crippen molar-refractivity contribution in [1.82, 2.24) is 20.5 Å². The second-order valence-corrected chi connectivity index (χ2v) is 7.24. The third-order valence-corrected chi connectivity index (χ3v) is 5.24. The maximum absolute atomic E-state index is 5.44. The van der Waals surface area contributed by atoms with Crippen molar-refractivity contribution >= 4 is 11.8 Å². The predicted octanol–water partition coefficient (Wildman–Crippen LogP) is 1.43. The summed E-state index contributed by atoms with van der Waals surface area (Å²) in [6, 6.07) is 10.1. The van der Waals surface area contributed by atoms with Gasteiger partial charge in [-0.25, -0.2) is 4.98 Å². The summed E-state index contributed by atoms with van der Waals surface area (Å²) in [5.41, 5.74) is 2.28. The van der Waals surface area contributed by atoms with Crippen molar-refractivity contribution in [3.63, 3.8) is 0 Å². The summed E-state index contributed by atoms with van der Waals surface area (Å²) in [7, 11) is 3.94. The van der Waals surface area contributed by atoms with Gasteiger partial charge in [-0.05, 0) is 30.8 Å². The minimum atomic E-state index is 0.288. The van der Waals surface area contributed by atoms with E-state index in [-0.39, 0.29) is 6.79 Å². The molecule has 1 saturated heterocycles. The largest absolute Gasteiger partial charge is 0.454 e. The van der Waals surface area contributed by atoms with Crippen molar-refractivity contribution in [1.29, 1.82) is 0 Å². The molecule has 0 unspecified atom stereocenters. The molecule has 1 aromatic carbocycles. The molecule has 0 aliphatic carbocycles. The normalized spacial score (nSPS) is 16.8. The monoisotopic (exact) mass is 396 g/mol. The number of hydrogen-bond acceptors (Lipinski definition) is 6. The molecule has 1 aromatic heterocycles. The van der Waals surface area contributed by atoms with Gasteiger partial charge in [-0.2, -0.15) is 0 Å². The highest BCUT2D eigenvalue weighted by Gasteiger charge is 2.18. The summed E-state index contributed by atoms with van der Waals surface area (Å²) < 4.78 is 10.8. The molecule has 2 aliphatic heterocycles. The van der Waals surface area contributed by atoms with Gasteiger partial charge in [0.05, 0.1) is 0 Å². The Bertz CT molecular complexity index is 864. The Hall–Kier alpha value is -3.00. The van der Waals surface area contributed by atoms with Crippen LogP contribution in [0.4, 0.5) is 5.82 Å². The molecule has 8 nitrogen and oxygen atoms in total. The Balaban J connectivity index is 1.34. The van der Waals surface area contributed by atoms with Crippen LogP contribution in [0.3, 0.4) is 0 Å². The molecule has 0 saturated carbocycles. The van der Waals surface area contributed by atoms with Crippen LogP contribution in [0.25, 0.3) is 0 Å². The van der Waals surface area contributed by atoms with E-state index in [0.717, 1.165) is 55.0 Å². The minimum absolute atomic E-state index is 0.288. The highest BCUT2D eigenvalue weighted by molar-refractivity contribution is 5.79. The number of likely N-dealkylation sites (N-methyl/N-ethyl adjacent to an activating group) is 1. The second kappa shape index (κ2) is 9.00. The number of rotatable bonds is 5. The van der Waals surface area contributed by atoms with Gasteiger partial charge in [0, 0.05) is 58.1 Å². The van der Waals surface area contributed by atoms with Crippen LogP contribution < -0.4 is 25.0 Å². The Morgan fingerprint density at radius 3 is 2.69 bits per heavy atom. The van der Waals surface area contributed by atoms with Crippen molar-refractivity contribution in [3.8, 4) is 11.5 Å². The fraction of sp³-hybridized carbons (Fsp3) is 0.429. The highest BCUT2D eigenvalue weighted by atomic mass is 16.7. The third-order valence-electron chi connectivity index (χ3n) is 5.24. The SMILES string of the molecule is CN=C(NCc1ccc2c(c1)OCO2)NCc1cccnc1N1CCN(C)CC1. The first-order valence-electron chi connectivity index (χ1n) is 9.93. The van der Waals surface area contributed by atoms with Gasteiger partial charge < -0.3 is 29.9 Å². The molecule has 0 bridgehead atoms. The Morgan fingerprint density at radius 2 is 1.86 bits per heavy atom. The van der Waals surface area contributed by atoms with E-state index < -0.39 is 0 Å². The standard InChI is InChI=1S/C21H28N6O2/c1-22-21(24-13-16-5-6-18-19(12-16)29-15-28-18)25-14-17-4-3-7-23-20(17)27-10-8-26(2)9-11-27/h3-7,12H,8-11,13-15H2,1-2H3,(H2,22,24,25). The minimum Gasteiger partial charge on any atom is -0.454 e. The quantitative estimate of drug-likeness (QED) is 0.585. The summed E-state index contributed by atoms with van der Waals surface area (Å²) >= 11 is 0. The van der Waals surface area contributed by atoms with Gasteiger partial charge in [0.25, 0.3) is 0 Å². The van der Waals surface area contributed by atoms with Gasteiger partial charge in [-0.3, -0.25) is 4.99 Å². The maximum Gasteiger partial charge on any atom is 0.231 e. The molecule has 8 heteroatoms. The average molecular weight is 396 g/mol. The number of ether oxygens (including phenoxy) is 2. The van der Waals surface area contributed by atoms with Gasteiger partial charge in [0.2, 0.25) is 6.79 Å². The Morgan fingerprint density at radius 1 is 1.07 bits per heavy atom. The number of hydrogen-bond donors (Lipinski definition) is 2. The van der Waals surface area contributed by atoms with Crippen LogP contribution in [-0.2, 0) is 13.1 Å². The Labute approximate surface area is 171 Å². The fourth-order valence-corrected chi connectivity index (χ4v) is 3.51. The van der Waals surface area contributed by atoms with Gasteiger partial charge in [0.1, 0.15) is 5.82 Å². The van der Waals surface area contributed by atoms with Gasteiger partial charge in [-0.1, -0.05) is 12.1 Å². The van der Waals surface area contributed by atoms with Crippen molar-refractivity contribution < 1.29 is 9.47 Å². The lowest BCUT2D eigenvalue weighted by atomic mass is 10.2. The second-order valence-electron chi connectivity index (χ2n) is 7.24. The van der Waals surface area contributed by atoms with E-state index >= 15 is 0 Å². The first-order valence-corrected chi connectivity index (χ1v) is 9.93. The zero-order valence-electron chi connectivity index (χ0n) is 17.0. The first kappa shape index (κ1) is 19.3. The predicted molar refractivity (Wildman–Crippen MR) is 114 cm³/mol. The van der Waals surface area contributed by atoms with Crippen LogP contribution in [0, 0.1) is 0 Å². The van der Waals surface area contributed by atoms with E-state index in [1.54, 1.807) is 7.05 Å². The lowest BCUT2D eigenvalue weighted by Crippen LogP contribution is -2.45. The maximum atomic E-state index is 5.44. The number of anilines is 1. The zero-order chi connectivity index (χ0) is 20.1. The first-order chi connectivity index (χ1) is 14.2. The lowest BCUT2D eigenvalue weighted by molar-refractivity contribution is 0.174. The van der Waals surface area contributed by atoms with E-state index in [2.05, 4.69) is 43.5 Å². The van der Waals surface area contributed by atoms with Crippen LogP contribution in [0.1, 0.15) is 11.1 Å². The van der Waals surface area contributed by atoms with E-state index in [1.165, 1.54) is 5.56 Å². The van der Waals surface area contributed by atoms with Crippen molar-refractivity contribution in [2.45, 2.75) is 13.1 Å². The molecular weight excluding hydrogens is 368 g/mol. The van der Waals surface area contributed by atoms with Gasteiger partial charge in [-0.15, -0.1) is 0 Å². The third kappa shape index (κ3) is 4.71. The smallest absolute Gasteiger partial charge is 0.231 e. The molecular formula is C21H28N6O2. The molecule has 0 atom stereocenters. The van der Waals surface area contributed by atoms with Crippen LogP contribution in [0.15, 0.2) is 41.5 Å².